The lowest BCUT2D eigenvalue weighted by molar-refractivity contribution is 0.108. The molecule has 0 aromatic carbocycles. The molecular weight excluding hydrogens is 363 g/mol. The van der Waals surface area contributed by atoms with E-state index in [-0.39, 0.29) is 6.61 Å². The van der Waals surface area contributed by atoms with E-state index in [4.69, 9.17) is 14.5 Å². The second-order valence-corrected chi connectivity index (χ2v) is 8.47. The summed E-state index contributed by atoms with van der Waals surface area (Å²) in [7, 11) is -4.32. The molecule has 0 radical (unpaired) electrons. The van der Waals surface area contributed by atoms with Crippen molar-refractivity contribution in [3.63, 3.8) is 0 Å². The molecule has 0 spiro atoms. The lowest BCUT2D eigenvalue weighted by Crippen LogP contribution is -2.01. The maximum Gasteiger partial charge on any atom is 0.469 e. The number of unbranched alkanes of at least 4 members (excludes halogenated alkanes) is 12. The molecule has 0 aliphatic heterocycles. The monoisotopic (exact) mass is 406 g/mol. The van der Waals surface area contributed by atoms with E-state index < -0.39 is 7.82 Å². The van der Waals surface area contributed by atoms with Gasteiger partial charge in [-0.15, -0.1) is 0 Å². The maximum atomic E-state index is 10.5. The summed E-state index contributed by atoms with van der Waals surface area (Å²) in [4.78, 5) is 17.0. The molecule has 5 nitrogen and oxygen atoms in total. The standard InChI is InChI=1S/C21H43O5P/c1-2-3-4-5-6-7-8-9-10-11-12-13-14-15-16-17-19-25-20-18-21-26-27(22,23)24/h9-10H,2-8,11-21H2,1H3,(H2,22,23,24)/b10-9-. The molecule has 0 aromatic rings. The Morgan fingerprint density at radius 3 is 1.70 bits per heavy atom. The van der Waals surface area contributed by atoms with Gasteiger partial charge in [-0.1, -0.05) is 76.9 Å². The van der Waals surface area contributed by atoms with Crippen molar-refractivity contribution in [2.24, 2.45) is 0 Å². The van der Waals surface area contributed by atoms with Crippen molar-refractivity contribution in [1.29, 1.82) is 0 Å². The lowest BCUT2D eigenvalue weighted by Gasteiger charge is -2.06. The molecular formula is C21H43O5P. The zero-order valence-electron chi connectivity index (χ0n) is 17.4. The van der Waals surface area contributed by atoms with Crippen LogP contribution in [0, 0.1) is 0 Å². The first-order valence-electron chi connectivity index (χ1n) is 11.0. The first-order valence-corrected chi connectivity index (χ1v) is 12.5. The molecule has 0 aliphatic carbocycles. The summed E-state index contributed by atoms with van der Waals surface area (Å²) in [6, 6.07) is 0. The number of phosphoric ester groups is 1. The fourth-order valence-corrected chi connectivity index (χ4v) is 3.27. The summed E-state index contributed by atoms with van der Waals surface area (Å²) in [5.74, 6) is 0. The Labute approximate surface area is 167 Å². The van der Waals surface area contributed by atoms with Crippen molar-refractivity contribution in [3.8, 4) is 0 Å². The van der Waals surface area contributed by atoms with Gasteiger partial charge in [-0.2, -0.15) is 0 Å². The molecule has 0 rings (SSSR count). The molecule has 0 aliphatic rings. The van der Waals surface area contributed by atoms with Gasteiger partial charge in [0, 0.05) is 13.2 Å². The van der Waals surface area contributed by atoms with Crippen molar-refractivity contribution in [2.75, 3.05) is 19.8 Å². The third-order valence-electron chi connectivity index (χ3n) is 4.49. The van der Waals surface area contributed by atoms with Gasteiger partial charge in [-0.05, 0) is 38.5 Å². The van der Waals surface area contributed by atoms with E-state index in [0.29, 0.717) is 13.0 Å². The fraction of sp³-hybridized carbons (Fsp3) is 0.905. The number of allylic oxidation sites excluding steroid dienone is 2. The topological polar surface area (TPSA) is 76.0 Å². The molecule has 0 aromatic heterocycles. The molecule has 0 bridgehead atoms. The van der Waals surface area contributed by atoms with Crippen LogP contribution in [-0.2, 0) is 13.8 Å². The van der Waals surface area contributed by atoms with Crippen LogP contribution in [0.1, 0.15) is 103 Å². The molecule has 2 N–H and O–H groups in total. The Morgan fingerprint density at radius 2 is 1.15 bits per heavy atom. The van der Waals surface area contributed by atoms with Gasteiger partial charge < -0.3 is 14.5 Å². The number of hydrogen-bond donors (Lipinski definition) is 2. The molecule has 27 heavy (non-hydrogen) atoms. The minimum Gasteiger partial charge on any atom is -0.381 e. The first-order chi connectivity index (χ1) is 13.1. The summed E-state index contributed by atoms with van der Waals surface area (Å²) < 4.78 is 20.2. The zero-order valence-corrected chi connectivity index (χ0v) is 18.3. The summed E-state index contributed by atoms with van der Waals surface area (Å²) >= 11 is 0. The van der Waals surface area contributed by atoms with Crippen molar-refractivity contribution < 1.29 is 23.6 Å². The minimum absolute atomic E-state index is 0.0394. The predicted molar refractivity (Wildman–Crippen MR) is 113 cm³/mol. The van der Waals surface area contributed by atoms with E-state index >= 15 is 0 Å². The highest BCUT2D eigenvalue weighted by molar-refractivity contribution is 7.46. The van der Waals surface area contributed by atoms with Crippen LogP contribution in [0.4, 0.5) is 0 Å². The first kappa shape index (κ1) is 26.8. The Morgan fingerprint density at radius 1 is 0.667 bits per heavy atom. The van der Waals surface area contributed by atoms with E-state index in [0.717, 1.165) is 13.0 Å². The molecule has 0 heterocycles. The van der Waals surface area contributed by atoms with Crippen LogP contribution in [0.15, 0.2) is 12.2 Å². The molecule has 0 atom stereocenters. The largest absolute Gasteiger partial charge is 0.469 e. The van der Waals surface area contributed by atoms with Crippen molar-refractivity contribution in [1.82, 2.24) is 0 Å². The van der Waals surface area contributed by atoms with E-state index in [2.05, 4.69) is 23.6 Å². The molecule has 162 valence electrons. The number of ether oxygens (including phenoxy) is 1. The predicted octanol–water partition coefficient (Wildman–Crippen LogP) is 6.54. The van der Waals surface area contributed by atoms with E-state index in [1.807, 2.05) is 0 Å². The van der Waals surface area contributed by atoms with E-state index in [9.17, 15) is 4.57 Å². The van der Waals surface area contributed by atoms with Crippen LogP contribution in [0.5, 0.6) is 0 Å². The third kappa shape index (κ3) is 25.8. The lowest BCUT2D eigenvalue weighted by atomic mass is 10.1. The highest BCUT2D eigenvalue weighted by Crippen LogP contribution is 2.35. The summed E-state index contributed by atoms with van der Waals surface area (Å²) in [5, 5.41) is 0. The number of rotatable bonds is 21. The highest BCUT2D eigenvalue weighted by Gasteiger charge is 2.12. The Hall–Kier alpha value is -0.190. The van der Waals surface area contributed by atoms with Crippen molar-refractivity contribution in [3.05, 3.63) is 12.2 Å². The van der Waals surface area contributed by atoms with Gasteiger partial charge in [0.25, 0.3) is 0 Å². The second-order valence-electron chi connectivity index (χ2n) is 7.23. The number of hydrogen-bond acceptors (Lipinski definition) is 3. The van der Waals surface area contributed by atoms with Crippen LogP contribution >= 0.6 is 7.82 Å². The maximum absolute atomic E-state index is 10.5. The Bertz CT molecular complexity index is 368. The Kier molecular flexibility index (Phi) is 20.4. The van der Waals surface area contributed by atoms with Crippen molar-refractivity contribution >= 4 is 7.82 Å². The molecule has 6 heteroatoms. The van der Waals surface area contributed by atoms with Crippen molar-refractivity contribution in [2.45, 2.75) is 103 Å². The van der Waals surface area contributed by atoms with Gasteiger partial charge >= 0.3 is 7.82 Å². The van der Waals surface area contributed by atoms with Crippen LogP contribution in [-0.4, -0.2) is 29.6 Å². The van der Waals surface area contributed by atoms with Gasteiger partial charge in [0.15, 0.2) is 0 Å². The number of phosphoric acid groups is 1. The fourth-order valence-electron chi connectivity index (χ4n) is 2.90. The van der Waals surface area contributed by atoms with Gasteiger partial charge in [-0.25, -0.2) is 4.57 Å². The zero-order chi connectivity index (χ0) is 20.1. The average Bonchev–Trinajstić information content (AvgIpc) is 2.62. The quantitative estimate of drug-likeness (QED) is 0.129. The molecule has 0 amide bonds. The van der Waals surface area contributed by atoms with Gasteiger partial charge in [-0.3, -0.25) is 4.52 Å². The summed E-state index contributed by atoms with van der Waals surface area (Å²) in [6.07, 6.45) is 23.3. The van der Waals surface area contributed by atoms with Crippen LogP contribution in [0.3, 0.4) is 0 Å². The van der Waals surface area contributed by atoms with Crippen LogP contribution in [0.25, 0.3) is 0 Å². The van der Waals surface area contributed by atoms with Crippen LogP contribution in [0.2, 0.25) is 0 Å². The average molecular weight is 407 g/mol. The smallest absolute Gasteiger partial charge is 0.381 e. The third-order valence-corrected chi connectivity index (χ3v) is 5.01. The highest BCUT2D eigenvalue weighted by atomic mass is 31.2. The molecule has 0 unspecified atom stereocenters. The summed E-state index contributed by atoms with van der Waals surface area (Å²) in [6.45, 7) is 3.51. The summed E-state index contributed by atoms with van der Waals surface area (Å²) in [5.41, 5.74) is 0. The normalized spacial score (nSPS) is 12.3. The second kappa shape index (κ2) is 20.5. The van der Waals surface area contributed by atoms with Gasteiger partial charge in [0.2, 0.25) is 0 Å². The van der Waals surface area contributed by atoms with E-state index in [1.165, 1.54) is 83.5 Å². The van der Waals surface area contributed by atoms with Crippen LogP contribution < -0.4 is 0 Å². The molecule has 0 fully saturated rings. The Balaban J connectivity index is 3.10. The van der Waals surface area contributed by atoms with Gasteiger partial charge in [0.05, 0.1) is 6.61 Å². The van der Waals surface area contributed by atoms with Gasteiger partial charge in [0.1, 0.15) is 0 Å². The molecule has 0 saturated heterocycles. The van der Waals surface area contributed by atoms with E-state index in [1.54, 1.807) is 0 Å². The SMILES string of the molecule is CCCCCCCC/C=C\CCCCCCCCOCCCOP(=O)(O)O. The molecule has 0 saturated carbocycles. The minimum atomic E-state index is -4.32.